The second-order valence-electron chi connectivity index (χ2n) is 3.42. The van der Waals surface area contributed by atoms with Crippen molar-refractivity contribution in [3.63, 3.8) is 0 Å². The summed E-state index contributed by atoms with van der Waals surface area (Å²) in [4.78, 5) is 0. The summed E-state index contributed by atoms with van der Waals surface area (Å²) in [5, 5.41) is 9.70. The molecule has 0 aliphatic carbocycles. The van der Waals surface area contributed by atoms with Crippen molar-refractivity contribution in [3.05, 3.63) is 48.5 Å². The Morgan fingerprint density at radius 3 is 2.40 bits per heavy atom. The predicted octanol–water partition coefficient (Wildman–Crippen LogP) is 2.02. The zero-order valence-corrected chi connectivity index (χ0v) is 8.31. The van der Waals surface area contributed by atoms with E-state index < -0.39 is 0 Å². The summed E-state index contributed by atoms with van der Waals surface area (Å²) in [7, 11) is 1.83. The van der Waals surface area contributed by atoms with Crippen LogP contribution in [0.15, 0.2) is 42.7 Å². The lowest BCUT2D eigenvalue weighted by Crippen LogP contribution is -2.25. The molecule has 1 heterocycles. The highest BCUT2D eigenvalue weighted by Gasteiger charge is 2.07. The molecular formula is C12H11FNO+. The van der Waals surface area contributed by atoms with Gasteiger partial charge in [-0.1, -0.05) is 12.1 Å². The van der Waals surface area contributed by atoms with E-state index in [1.807, 2.05) is 13.2 Å². The van der Waals surface area contributed by atoms with Gasteiger partial charge < -0.3 is 5.11 Å². The Labute approximate surface area is 87.2 Å². The zero-order valence-electron chi connectivity index (χ0n) is 8.31. The quantitative estimate of drug-likeness (QED) is 0.706. The van der Waals surface area contributed by atoms with Crippen LogP contribution in [0.4, 0.5) is 4.39 Å². The average molecular weight is 204 g/mol. The van der Waals surface area contributed by atoms with Crippen molar-refractivity contribution in [2.45, 2.75) is 0 Å². The SMILES string of the molecule is C[n+]1ccc(-c2ccc(F)cc2)c(O)c1. The summed E-state index contributed by atoms with van der Waals surface area (Å²) in [6.07, 6.45) is 3.44. The van der Waals surface area contributed by atoms with Gasteiger partial charge in [0.25, 0.3) is 0 Å². The number of hydrogen-bond acceptors (Lipinski definition) is 1. The maximum Gasteiger partial charge on any atom is 0.211 e. The molecule has 1 aromatic carbocycles. The monoisotopic (exact) mass is 204 g/mol. The lowest BCUT2D eigenvalue weighted by atomic mass is 10.1. The molecule has 0 bridgehead atoms. The predicted molar refractivity (Wildman–Crippen MR) is 54.7 cm³/mol. The number of hydrogen-bond donors (Lipinski definition) is 1. The van der Waals surface area contributed by atoms with Crippen LogP contribution in [0.2, 0.25) is 0 Å². The summed E-state index contributed by atoms with van der Waals surface area (Å²) < 4.78 is 14.5. The Morgan fingerprint density at radius 2 is 1.80 bits per heavy atom. The number of aromatic nitrogens is 1. The van der Waals surface area contributed by atoms with Crippen molar-refractivity contribution in [3.8, 4) is 16.9 Å². The number of rotatable bonds is 1. The third kappa shape index (κ3) is 1.96. The van der Waals surface area contributed by atoms with Crippen LogP contribution in [0.1, 0.15) is 0 Å². The fraction of sp³-hybridized carbons (Fsp3) is 0.0833. The van der Waals surface area contributed by atoms with Gasteiger partial charge in [0, 0.05) is 11.6 Å². The lowest BCUT2D eigenvalue weighted by Gasteiger charge is -2.02. The van der Waals surface area contributed by atoms with Crippen LogP contribution in [0.3, 0.4) is 0 Å². The maximum absolute atomic E-state index is 12.7. The number of pyridine rings is 1. The van der Waals surface area contributed by atoms with Gasteiger partial charge in [-0.15, -0.1) is 0 Å². The molecule has 0 aliphatic rings. The second-order valence-corrected chi connectivity index (χ2v) is 3.42. The molecule has 0 saturated heterocycles. The molecule has 0 saturated carbocycles. The van der Waals surface area contributed by atoms with Gasteiger partial charge in [-0.25, -0.2) is 8.96 Å². The van der Waals surface area contributed by atoms with Gasteiger partial charge in [-0.2, -0.15) is 0 Å². The number of halogens is 1. The van der Waals surface area contributed by atoms with E-state index in [0.717, 1.165) is 5.56 Å². The summed E-state index contributed by atoms with van der Waals surface area (Å²) in [6, 6.07) is 7.83. The Balaban J connectivity index is 2.49. The van der Waals surface area contributed by atoms with Crippen LogP contribution < -0.4 is 4.57 Å². The molecule has 0 amide bonds. The largest absolute Gasteiger partial charge is 0.502 e. The van der Waals surface area contributed by atoms with Gasteiger partial charge in [0.15, 0.2) is 11.9 Å². The van der Waals surface area contributed by atoms with E-state index in [2.05, 4.69) is 0 Å². The van der Waals surface area contributed by atoms with E-state index in [0.29, 0.717) is 5.56 Å². The maximum atomic E-state index is 12.7. The molecule has 3 heteroatoms. The van der Waals surface area contributed by atoms with Gasteiger partial charge in [0.05, 0.1) is 0 Å². The Bertz CT molecular complexity index is 479. The fourth-order valence-electron chi connectivity index (χ4n) is 1.46. The minimum Gasteiger partial charge on any atom is -0.502 e. The van der Waals surface area contributed by atoms with Gasteiger partial charge in [0.2, 0.25) is 6.20 Å². The van der Waals surface area contributed by atoms with Crippen LogP contribution in [0.5, 0.6) is 5.75 Å². The second kappa shape index (κ2) is 3.69. The standard InChI is InChI=1S/C12H10FNO/c1-14-7-6-11(12(15)8-14)9-2-4-10(13)5-3-9/h2-8H,1H3/p+1. The first kappa shape index (κ1) is 9.65. The van der Waals surface area contributed by atoms with Crippen LogP contribution >= 0.6 is 0 Å². The number of aromatic hydroxyl groups is 1. The Kier molecular flexibility index (Phi) is 2.37. The summed E-state index contributed by atoms with van der Waals surface area (Å²) in [5.74, 6) is -0.0914. The number of benzene rings is 1. The summed E-state index contributed by atoms with van der Waals surface area (Å²) in [6.45, 7) is 0. The molecule has 2 nitrogen and oxygen atoms in total. The fourth-order valence-corrected chi connectivity index (χ4v) is 1.46. The van der Waals surface area contributed by atoms with Crippen LogP contribution in [0, 0.1) is 5.82 Å². The van der Waals surface area contributed by atoms with Crippen molar-refractivity contribution >= 4 is 0 Å². The topological polar surface area (TPSA) is 24.1 Å². The first-order valence-corrected chi connectivity index (χ1v) is 4.61. The van der Waals surface area contributed by atoms with Gasteiger partial charge in [-0.05, 0) is 17.7 Å². The Hall–Kier alpha value is -1.90. The van der Waals surface area contributed by atoms with Crippen molar-refractivity contribution in [1.29, 1.82) is 0 Å². The molecule has 0 spiro atoms. The smallest absolute Gasteiger partial charge is 0.211 e. The van der Waals surface area contributed by atoms with Gasteiger partial charge in [0.1, 0.15) is 12.9 Å². The molecule has 15 heavy (non-hydrogen) atoms. The average Bonchev–Trinajstić information content (AvgIpc) is 2.20. The van der Waals surface area contributed by atoms with E-state index >= 15 is 0 Å². The number of aryl methyl sites for hydroxylation is 1. The van der Waals surface area contributed by atoms with E-state index in [4.69, 9.17) is 0 Å². The molecular weight excluding hydrogens is 193 g/mol. The molecule has 1 aromatic heterocycles. The third-order valence-corrected chi connectivity index (χ3v) is 2.23. The van der Waals surface area contributed by atoms with Gasteiger partial charge in [-0.3, -0.25) is 0 Å². The first-order chi connectivity index (χ1) is 7.16. The van der Waals surface area contributed by atoms with Crippen LogP contribution in [-0.2, 0) is 7.05 Å². The summed E-state index contributed by atoms with van der Waals surface area (Å²) >= 11 is 0. The lowest BCUT2D eigenvalue weighted by molar-refractivity contribution is -0.671. The molecule has 0 fully saturated rings. The van der Waals surface area contributed by atoms with Crippen LogP contribution in [0.25, 0.3) is 11.1 Å². The molecule has 0 atom stereocenters. The van der Waals surface area contributed by atoms with E-state index in [1.54, 1.807) is 29.0 Å². The minimum atomic E-state index is -0.278. The van der Waals surface area contributed by atoms with Crippen LogP contribution in [-0.4, -0.2) is 5.11 Å². The highest BCUT2D eigenvalue weighted by atomic mass is 19.1. The minimum absolute atomic E-state index is 0.187. The zero-order chi connectivity index (χ0) is 10.8. The van der Waals surface area contributed by atoms with Gasteiger partial charge >= 0.3 is 0 Å². The highest BCUT2D eigenvalue weighted by Crippen LogP contribution is 2.26. The third-order valence-electron chi connectivity index (χ3n) is 2.23. The van der Waals surface area contributed by atoms with E-state index in [1.165, 1.54) is 12.1 Å². The summed E-state index contributed by atoms with van der Waals surface area (Å²) in [5.41, 5.74) is 1.50. The number of nitrogens with zero attached hydrogens (tertiary/aromatic N) is 1. The highest BCUT2D eigenvalue weighted by molar-refractivity contribution is 5.68. The van der Waals surface area contributed by atoms with Crippen molar-refractivity contribution < 1.29 is 14.1 Å². The first-order valence-electron chi connectivity index (χ1n) is 4.61. The molecule has 0 aliphatic heterocycles. The van der Waals surface area contributed by atoms with Crippen molar-refractivity contribution in [2.24, 2.45) is 7.05 Å². The Morgan fingerprint density at radius 1 is 1.13 bits per heavy atom. The molecule has 1 N–H and O–H groups in total. The molecule has 0 radical (unpaired) electrons. The normalized spacial score (nSPS) is 10.3. The van der Waals surface area contributed by atoms with Crippen molar-refractivity contribution in [2.75, 3.05) is 0 Å². The molecule has 2 aromatic rings. The molecule has 2 rings (SSSR count). The van der Waals surface area contributed by atoms with Crippen molar-refractivity contribution in [1.82, 2.24) is 0 Å². The molecule has 0 unspecified atom stereocenters. The molecule has 76 valence electrons. The van der Waals surface area contributed by atoms with E-state index in [9.17, 15) is 9.50 Å². The van der Waals surface area contributed by atoms with E-state index in [-0.39, 0.29) is 11.6 Å².